The number of urea groups is 1. The maximum Gasteiger partial charge on any atom is 0.413 e. The van der Waals surface area contributed by atoms with Crippen LogP contribution in [-0.4, -0.2) is 56.3 Å². The molecule has 176 valence electrons. The Balaban J connectivity index is 1.38. The lowest BCUT2D eigenvalue weighted by Gasteiger charge is -2.27. The van der Waals surface area contributed by atoms with E-state index in [4.69, 9.17) is 14.0 Å². The van der Waals surface area contributed by atoms with Crippen LogP contribution >= 0.6 is 0 Å². The van der Waals surface area contributed by atoms with Gasteiger partial charge in [0.1, 0.15) is 24.1 Å². The lowest BCUT2D eigenvalue weighted by molar-refractivity contribution is -0.140. The second-order valence-corrected chi connectivity index (χ2v) is 9.01. The van der Waals surface area contributed by atoms with Gasteiger partial charge in [0.05, 0.1) is 6.04 Å². The van der Waals surface area contributed by atoms with Gasteiger partial charge in [-0.2, -0.15) is 10.1 Å². The zero-order valence-corrected chi connectivity index (χ0v) is 19.1. The number of carbonyl (C=O) groups excluding carboxylic acids is 2. The molecule has 4 rings (SSSR count). The number of aromatic nitrogens is 2. The van der Waals surface area contributed by atoms with Crippen LogP contribution in [0.2, 0.25) is 0 Å². The van der Waals surface area contributed by atoms with Gasteiger partial charge in [0, 0.05) is 6.54 Å². The third-order valence-electron chi connectivity index (χ3n) is 5.20. The van der Waals surface area contributed by atoms with E-state index in [1.165, 1.54) is 5.06 Å². The molecular formula is C22H28N6O5. The lowest BCUT2D eigenvalue weighted by atomic mass is 10.0. The van der Waals surface area contributed by atoms with E-state index in [0.717, 1.165) is 12.0 Å². The van der Waals surface area contributed by atoms with Gasteiger partial charge in [-0.15, -0.1) is 5.10 Å². The summed E-state index contributed by atoms with van der Waals surface area (Å²) in [5.74, 6) is 0.552. The smallest absolute Gasteiger partial charge is 0.413 e. The zero-order valence-electron chi connectivity index (χ0n) is 19.1. The lowest BCUT2D eigenvalue weighted by Crippen LogP contribution is -2.35. The fourth-order valence-corrected chi connectivity index (χ4v) is 3.80. The summed E-state index contributed by atoms with van der Waals surface area (Å²) >= 11 is 0. The number of amides is 3. The summed E-state index contributed by atoms with van der Waals surface area (Å²) in [7, 11) is 0. The molecule has 2 bridgehead atoms. The number of aliphatic imine (C=N–C) groups is 1. The molecule has 0 radical (unpaired) electrons. The molecule has 2 fully saturated rings. The number of piperidine rings is 1. The Hall–Kier alpha value is -3.47. The highest BCUT2D eigenvalue weighted by molar-refractivity contribution is 5.94. The molecule has 2 saturated heterocycles. The Kier molecular flexibility index (Phi) is 6.32. The van der Waals surface area contributed by atoms with Crippen molar-refractivity contribution in [3.05, 3.63) is 41.8 Å². The van der Waals surface area contributed by atoms with Gasteiger partial charge in [-0.3, -0.25) is 10.2 Å². The third-order valence-corrected chi connectivity index (χ3v) is 5.20. The van der Waals surface area contributed by atoms with Gasteiger partial charge in [0.25, 0.3) is 0 Å². The second kappa shape index (κ2) is 9.18. The summed E-state index contributed by atoms with van der Waals surface area (Å²) in [5.41, 5.74) is 0.370. The van der Waals surface area contributed by atoms with Crippen molar-refractivity contribution >= 4 is 24.0 Å². The summed E-state index contributed by atoms with van der Waals surface area (Å²) in [6, 6.07) is 9.12. The van der Waals surface area contributed by atoms with Gasteiger partial charge in [-0.25, -0.2) is 9.59 Å². The van der Waals surface area contributed by atoms with Gasteiger partial charge < -0.3 is 14.1 Å². The van der Waals surface area contributed by atoms with Crippen LogP contribution in [0.25, 0.3) is 0 Å². The molecule has 0 unspecified atom stereocenters. The average Bonchev–Trinajstić information content (AvgIpc) is 3.29. The first-order chi connectivity index (χ1) is 15.7. The number of rotatable bonds is 5. The van der Waals surface area contributed by atoms with Gasteiger partial charge in [-0.05, 0) is 46.1 Å². The molecule has 11 heteroatoms. The molecule has 1 N–H and O–H groups in total. The molecule has 0 aliphatic carbocycles. The van der Waals surface area contributed by atoms with Crippen LogP contribution in [0.15, 0.2) is 39.7 Å². The van der Waals surface area contributed by atoms with Crippen molar-refractivity contribution in [1.82, 2.24) is 25.5 Å². The minimum absolute atomic E-state index is 0.00971. The first kappa shape index (κ1) is 22.7. The molecule has 0 spiro atoms. The van der Waals surface area contributed by atoms with Gasteiger partial charge in [0.2, 0.25) is 5.89 Å². The predicted molar refractivity (Wildman–Crippen MR) is 117 cm³/mol. The number of hydrogen-bond acceptors (Lipinski definition) is 8. The zero-order chi connectivity index (χ0) is 23.6. The Bertz CT molecular complexity index is 1030. The standard InChI is InChI=1S/C22H28N6O5/c1-14(24-20(29)33-22(2,3)4)23-19-26-25-18(32-19)17-11-10-16-12-27(17)21(30)28(16)31-13-15-8-6-5-7-9-15/h5-9,16-17H,10-13H2,1-4H3,(H,23,24,26,29)/t16-,17+/m1/s1. The second-order valence-electron chi connectivity index (χ2n) is 9.01. The van der Waals surface area contributed by atoms with Crippen LogP contribution in [-0.2, 0) is 16.2 Å². The van der Waals surface area contributed by atoms with Crippen molar-refractivity contribution in [1.29, 1.82) is 0 Å². The van der Waals surface area contributed by atoms with Crippen LogP contribution in [0, 0.1) is 0 Å². The first-order valence-corrected chi connectivity index (χ1v) is 10.8. The number of amidine groups is 1. The van der Waals surface area contributed by atoms with Gasteiger partial charge in [0.15, 0.2) is 0 Å². The Morgan fingerprint density at radius 2 is 2.00 bits per heavy atom. The molecule has 3 amide bonds. The van der Waals surface area contributed by atoms with Crippen molar-refractivity contribution in [2.24, 2.45) is 4.99 Å². The van der Waals surface area contributed by atoms with E-state index in [-0.39, 0.29) is 30.0 Å². The molecule has 33 heavy (non-hydrogen) atoms. The Morgan fingerprint density at radius 3 is 2.73 bits per heavy atom. The van der Waals surface area contributed by atoms with Crippen LogP contribution < -0.4 is 5.32 Å². The highest BCUT2D eigenvalue weighted by Crippen LogP contribution is 2.38. The molecule has 11 nitrogen and oxygen atoms in total. The minimum atomic E-state index is -0.625. The van der Waals surface area contributed by atoms with E-state index in [0.29, 0.717) is 25.5 Å². The number of alkyl carbamates (subject to hydrolysis) is 1. The predicted octanol–water partition coefficient (Wildman–Crippen LogP) is 3.72. The number of benzene rings is 1. The molecule has 1 aromatic carbocycles. The Morgan fingerprint density at radius 1 is 1.24 bits per heavy atom. The van der Waals surface area contributed by atoms with Gasteiger partial charge in [-0.1, -0.05) is 35.4 Å². The van der Waals surface area contributed by atoms with Crippen molar-refractivity contribution in [3.8, 4) is 0 Å². The molecule has 0 saturated carbocycles. The number of nitrogens with one attached hydrogen (secondary N) is 1. The molecule has 2 aliphatic rings. The summed E-state index contributed by atoms with van der Waals surface area (Å²) in [4.78, 5) is 36.5. The number of hydrogen-bond donors (Lipinski definition) is 1. The highest BCUT2D eigenvalue weighted by atomic mass is 16.7. The normalized spacial score (nSPS) is 20.8. The molecular weight excluding hydrogens is 428 g/mol. The van der Waals surface area contributed by atoms with E-state index >= 15 is 0 Å². The molecule has 3 heterocycles. The van der Waals surface area contributed by atoms with Crippen molar-refractivity contribution in [2.75, 3.05) is 6.54 Å². The van der Waals surface area contributed by atoms with Crippen LogP contribution in [0.3, 0.4) is 0 Å². The quantitative estimate of drug-likeness (QED) is 0.537. The average molecular weight is 457 g/mol. The number of nitrogens with zero attached hydrogens (tertiary/aromatic N) is 5. The monoisotopic (exact) mass is 456 g/mol. The van der Waals surface area contributed by atoms with E-state index in [9.17, 15) is 9.59 Å². The molecule has 2 atom stereocenters. The van der Waals surface area contributed by atoms with Crippen molar-refractivity contribution in [2.45, 2.75) is 64.8 Å². The van der Waals surface area contributed by atoms with Crippen molar-refractivity contribution in [3.63, 3.8) is 0 Å². The topological polar surface area (TPSA) is 122 Å². The van der Waals surface area contributed by atoms with E-state index in [1.54, 1.807) is 32.6 Å². The number of fused-ring (bicyclic) bond motifs is 2. The van der Waals surface area contributed by atoms with Gasteiger partial charge >= 0.3 is 18.1 Å². The third kappa shape index (κ3) is 5.48. The maximum absolute atomic E-state index is 13.0. The summed E-state index contributed by atoms with van der Waals surface area (Å²) in [6.07, 6.45) is 0.796. The SMILES string of the molecule is CC(=Nc1nnc([C@@H]2CC[C@@H]3CN2C(=O)N3OCc2ccccc2)o1)NC(=O)OC(C)(C)C. The molecule has 2 aromatic rings. The van der Waals surface area contributed by atoms with E-state index in [1.807, 2.05) is 30.3 Å². The first-order valence-electron chi connectivity index (χ1n) is 10.8. The molecule has 2 aliphatic heterocycles. The summed E-state index contributed by atoms with van der Waals surface area (Å²) < 4.78 is 10.9. The summed E-state index contributed by atoms with van der Waals surface area (Å²) in [6.45, 7) is 7.75. The number of ether oxygens (including phenoxy) is 1. The van der Waals surface area contributed by atoms with E-state index < -0.39 is 11.7 Å². The summed E-state index contributed by atoms with van der Waals surface area (Å²) in [5, 5.41) is 12.0. The highest BCUT2D eigenvalue weighted by Gasteiger charge is 2.47. The Labute approximate surface area is 191 Å². The number of hydroxylamine groups is 2. The van der Waals surface area contributed by atoms with E-state index in [2.05, 4.69) is 20.5 Å². The fraction of sp³-hybridized carbons (Fsp3) is 0.500. The maximum atomic E-state index is 13.0. The fourth-order valence-electron chi connectivity index (χ4n) is 3.80. The van der Waals surface area contributed by atoms with Crippen molar-refractivity contribution < 1.29 is 23.6 Å². The largest absolute Gasteiger partial charge is 0.444 e. The number of carbonyl (C=O) groups is 2. The minimum Gasteiger partial charge on any atom is -0.444 e. The van der Waals surface area contributed by atoms with Crippen LogP contribution in [0.4, 0.5) is 15.6 Å². The van der Waals surface area contributed by atoms with Crippen LogP contribution in [0.5, 0.6) is 0 Å². The van der Waals surface area contributed by atoms with Crippen LogP contribution in [0.1, 0.15) is 58.0 Å². The molecule has 1 aromatic heterocycles.